The van der Waals surface area contributed by atoms with Crippen LogP contribution in [0.2, 0.25) is 0 Å². The van der Waals surface area contributed by atoms with Gasteiger partial charge in [-0.25, -0.2) is 9.18 Å². The number of likely N-dealkylation sites (tertiary alicyclic amines) is 1. The molecule has 178 valence electrons. The van der Waals surface area contributed by atoms with Crippen LogP contribution in [-0.4, -0.2) is 68.0 Å². The number of ether oxygens (including phenoxy) is 2. The van der Waals surface area contributed by atoms with Gasteiger partial charge >= 0.3 is 6.09 Å². The Balaban J connectivity index is 1.31. The number of benzene rings is 1. The van der Waals surface area contributed by atoms with E-state index in [1.54, 1.807) is 13.1 Å². The van der Waals surface area contributed by atoms with Gasteiger partial charge in [0.05, 0.1) is 6.10 Å². The highest BCUT2D eigenvalue weighted by Gasteiger charge is 2.41. The van der Waals surface area contributed by atoms with Crippen LogP contribution in [0.1, 0.15) is 57.9 Å². The van der Waals surface area contributed by atoms with Gasteiger partial charge in [-0.1, -0.05) is 18.2 Å². The Morgan fingerprint density at radius 2 is 1.97 bits per heavy atom. The van der Waals surface area contributed by atoms with Crippen LogP contribution in [0.3, 0.4) is 0 Å². The molecule has 2 unspecified atom stereocenters. The summed E-state index contributed by atoms with van der Waals surface area (Å²) in [4.78, 5) is 18.3. The third kappa shape index (κ3) is 7.36. The first-order chi connectivity index (χ1) is 15.3. The third-order valence-electron chi connectivity index (χ3n) is 5.71. The Morgan fingerprint density at radius 1 is 1.25 bits per heavy atom. The van der Waals surface area contributed by atoms with Gasteiger partial charge in [0.15, 0.2) is 5.96 Å². The number of nitrogens with zero attached hydrogens (tertiary/aromatic N) is 2. The molecular weight excluding hydrogens is 411 g/mol. The number of aliphatic imine (C=N–C) groups is 1. The molecule has 8 heteroatoms. The molecule has 3 rings (SSSR count). The van der Waals surface area contributed by atoms with Crippen molar-refractivity contribution in [2.45, 2.75) is 70.1 Å². The Kier molecular flexibility index (Phi) is 8.34. The van der Waals surface area contributed by atoms with E-state index in [9.17, 15) is 9.18 Å². The smallest absolute Gasteiger partial charge is 0.407 e. The van der Waals surface area contributed by atoms with E-state index in [1.165, 1.54) is 6.07 Å². The van der Waals surface area contributed by atoms with E-state index >= 15 is 0 Å². The lowest BCUT2D eigenvalue weighted by molar-refractivity contribution is 0.0170. The minimum Gasteiger partial charge on any atom is -0.444 e. The lowest BCUT2D eigenvalue weighted by Gasteiger charge is -2.34. The molecule has 0 bridgehead atoms. The summed E-state index contributed by atoms with van der Waals surface area (Å²) in [7, 11) is 1.79. The fourth-order valence-corrected chi connectivity index (χ4v) is 4.00. The van der Waals surface area contributed by atoms with Crippen molar-refractivity contribution in [3.63, 3.8) is 0 Å². The topological polar surface area (TPSA) is 75.2 Å². The van der Waals surface area contributed by atoms with Crippen LogP contribution < -0.4 is 10.6 Å². The van der Waals surface area contributed by atoms with Crippen molar-refractivity contribution in [2.75, 3.05) is 33.3 Å². The molecular formula is C24H37FN4O3. The lowest BCUT2D eigenvalue weighted by atomic mass is 10.1. The number of alkyl carbamates (subject to hydrolysis) is 1. The van der Waals surface area contributed by atoms with Crippen molar-refractivity contribution in [1.82, 2.24) is 15.5 Å². The summed E-state index contributed by atoms with van der Waals surface area (Å²) in [6.45, 7) is 8.43. The van der Waals surface area contributed by atoms with Crippen LogP contribution in [0.4, 0.5) is 9.18 Å². The number of guanidine groups is 1. The highest BCUT2D eigenvalue weighted by Crippen LogP contribution is 2.41. The van der Waals surface area contributed by atoms with Crippen LogP contribution in [0, 0.1) is 5.82 Å². The zero-order valence-electron chi connectivity index (χ0n) is 19.7. The summed E-state index contributed by atoms with van der Waals surface area (Å²) in [6.07, 6.45) is 3.37. The first-order valence-electron chi connectivity index (χ1n) is 11.6. The van der Waals surface area contributed by atoms with Gasteiger partial charge < -0.3 is 25.0 Å². The highest BCUT2D eigenvalue weighted by molar-refractivity contribution is 5.80. The third-order valence-corrected chi connectivity index (χ3v) is 5.71. The molecule has 1 saturated heterocycles. The van der Waals surface area contributed by atoms with E-state index in [0.717, 1.165) is 50.3 Å². The molecule has 2 aliphatic rings. The average Bonchev–Trinajstić information content (AvgIpc) is 3.50. The molecule has 2 N–H and O–H groups in total. The first kappa shape index (κ1) is 24.3. The van der Waals surface area contributed by atoms with Gasteiger partial charge in [-0.15, -0.1) is 0 Å². The molecule has 2 fully saturated rings. The van der Waals surface area contributed by atoms with E-state index in [-0.39, 0.29) is 23.9 Å². The Bertz CT molecular complexity index is 788. The van der Waals surface area contributed by atoms with Crippen LogP contribution in [-0.2, 0) is 9.47 Å². The number of carbonyl (C=O) groups is 1. The fourth-order valence-electron chi connectivity index (χ4n) is 4.00. The normalized spacial score (nSPS) is 21.9. The molecule has 0 radical (unpaired) electrons. The van der Waals surface area contributed by atoms with Crippen LogP contribution >= 0.6 is 0 Å². The monoisotopic (exact) mass is 448 g/mol. The number of hydrogen-bond acceptors (Lipinski definition) is 4. The first-order valence-corrected chi connectivity index (χ1v) is 11.6. The predicted molar refractivity (Wildman–Crippen MR) is 123 cm³/mol. The molecule has 0 spiro atoms. The maximum Gasteiger partial charge on any atom is 0.407 e. The lowest BCUT2D eigenvalue weighted by Crippen LogP contribution is -2.47. The van der Waals surface area contributed by atoms with Crippen molar-refractivity contribution in [3.05, 3.63) is 35.6 Å². The summed E-state index contributed by atoms with van der Waals surface area (Å²) in [6, 6.07) is 7.25. The molecule has 1 heterocycles. The molecule has 0 aromatic heterocycles. The number of amides is 1. The van der Waals surface area contributed by atoms with Gasteiger partial charge in [0.2, 0.25) is 0 Å². The number of piperidine rings is 1. The molecule has 1 saturated carbocycles. The zero-order valence-corrected chi connectivity index (χ0v) is 19.7. The predicted octanol–water partition coefficient (Wildman–Crippen LogP) is 3.65. The zero-order chi connectivity index (χ0) is 23.1. The fraction of sp³-hybridized carbons (Fsp3) is 0.667. The minimum atomic E-state index is -0.484. The van der Waals surface area contributed by atoms with Crippen molar-refractivity contribution in [1.29, 1.82) is 0 Å². The molecule has 1 amide bonds. The molecule has 32 heavy (non-hydrogen) atoms. The number of carbonyl (C=O) groups excluding carboxylic acids is 1. The van der Waals surface area contributed by atoms with E-state index in [1.807, 2.05) is 32.9 Å². The summed E-state index contributed by atoms with van der Waals surface area (Å²) in [5, 5.41) is 6.26. The molecule has 1 aliphatic carbocycles. The molecule has 7 nitrogen and oxygen atoms in total. The summed E-state index contributed by atoms with van der Waals surface area (Å²) < 4.78 is 25.2. The summed E-state index contributed by atoms with van der Waals surface area (Å²) in [5.74, 6) is 0.966. The van der Waals surface area contributed by atoms with Gasteiger partial charge in [0, 0.05) is 45.2 Å². The molecule has 1 aromatic carbocycles. The second-order valence-electron chi connectivity index (χ2n) is 9.50. The van der Waals surface area contributed by atoms with Crippen molar-refractivity contribution < 1.29 is 18.7 Å². The van der Waals surface area contributed by atoms with Crippen molar-refractivity contribution >= 4 is 12.1 Å². The van der Waals surface area contributed by atoms with Gasteiger partial charge in [0.25, 0.3) is 0 Å². The van der Waals surface area contributed by atoms with Crippen LogP contribution in [0.15, 0.2) is 29.3 Å². The Hall–Kier alpha value is -2.35. The van der Waals surface area contributed by atoms with Gasteiger partial charge in [0.1, 0.15) is 11.4 Å². The summed E-state index contributed by atoms with van der Waals surface area (Å²) >= 11 is 0. The number of halogens is 1. The number of rotatable bonds is 7. The number of hydrogen-bond donors (Lipinski definition) is 2. The highest BCUT2D eigenvalue weighted by atomic mass is 19.1. The van der Waals surface area contributed by atoms with E-state index < -0.39 is 11.7 Å². The van der Waals surface area contributed by atoms with E-state index in [2.05, 4.69) is 20.5 Å². The SMILES string of the molecule is CN=C(NC1CC1c1ccccc1F)N1CCC(OCCCNC(=O)OC(C)(C)C)CC1. The summed E-state index contributed by atoms with van der Waals surface area (Å²) in [5.41, 5.74) is 0.302. The maximum absolute atomic E-state index is 14.0. The van der Waals surface area contributed by atoms with Crippen molar-refractivity contribution in [2.24, 2.45) is 4.99 Å². The molecule has 1 aliphatic heterocycles. The Morgan fingerprint density at radius 3 is 2.62 bits per heavy atom. The van der Waals surface area contributed by atoms with E-state index in [4.69, 9.17) is 9.47 Å². The van der Waals surface area contributed by atoms with Crippen molar-refractivity contribution in [3.8, 4) is 0 Å². The van der Waals surface area contributed by atoms with Gasteiger partial charge in [-0.2, -0.15) is 0 Å². The Labute approximate surface area is 190 Å². The van der Waals surface area contributed by atoms with Crippen LogP contribution in [0.5, 0.6) is 0 Å². The van der Waals surface area contributed by atoms with Gasteiger partial charge in [-0.05, 0) is 58.1 Å². The van der Waals surface area contributed by atoms with E-state index in [0.29, 0.717) is 13.2 Å². The standard InChI is InChI=1S/C24H37FN4O3/c1-24(2,3)32-23(30)27-12-7-15-31-17-10-13-29(14-11-17)22(26-4)28-21-16-19(21)18-8-5-6-9-20(18)25/h5-6,8-9,17,19,21H,7,10-16H2,1-4H3,(H,26,28)(H,27,30). The van der Waals surface area contributed by atoms with Gasteiger partial charge in [-0.3, -0.25) is 4.99 Å². The average molecular weight is 449 g/mol. The minimum absolute atomic E-state index is 0.129. The maximum atomic E-state index is 14.0. The largest absolute Gasteiger partial charge is 0.444 e. The quantitative estimate of drug-likeness (QED) is 0.378. The van der Waals surface area contributed by atoms with Crippen LogP contribution in [0.25, 0.3) is 0 Å². The number of nitrogens with one attached hydrogen (secondary N) is 2. The molecule has 1 aromatic rings. The second kappa shape index (κ2) is 11.0. The second-order valence-corrected chi connectivity index (χ2v) is 9.50. The molecule has 2 atom stereocenters.